The predicted molar refractivity (Wildman–Crippen MR) is 118 cm³/mol. The van der Waals surface area contributed by atoms with E-state index in [0.717, 1.165) is 25.9 Å². The van der Waals surface area contributed by atoms with Crippen LogP contribution in [0.25, 0.3) is 0 Å². The molecule has 2 saturated heterocycles. The van der Waals surface area contributed by atoms with Gasteiger partial charge in [0.25, 0.3) is 0 Å². The fraction of sp³-hybridized carbons (Fsp3) is 0.667. The lowest BCUT2D eigenvalue weighted by Crippen LogP contribution is -2.50. The molecule has 166 valence electrons. The van der Waals surface area contributed by atoms with E-state index in [2.05, 4.69) is 26.4 Å². The maximum Gasteiger partial charge on any atom is 0.239 e. The van der Waals surface area contributed by atoms with Crippen molar-refractivity contribution >= 4 is 40.9 Å². The molecule has 2 amide bonds. The van der Waals surface area contributed by atoms with Gasteiger partial charge in [0.2, 0.25) is 11.8 Å². The van der Waals surface area contributed by atoms with Crippen molar-refractivity contribution < 1.29 is 19.1 Å². The number of Topliss-reactive ketones (excluding diaryl/α,β-unsaturated/α-hetero) is 1. The zero-order valence-corrected chi connectivity index (χ0v) is 19.4. The Hall–Kier alpha value is -1.42. The third kappa shape index (κ3) is 6.54. The molecule has 3 rings (SSSR count). The van der Waals surface area contributed by atoms with E-state index in [0.29, 0.717) is 13.0 Å². The van der Waals surface area contributed by atoms with Crippen LogP contribution in [0.2, 0.25) is 0 Å². The Morgan fingerprint density at radius 3 is 2.60 bits per heavy atom. The number of hydrogen-bond acceptors (Lipinski definition) is 7. The number of piperidine rings is 1. The number of nitrogens with zero attached hydrogens (tertiary/aromatic N) is 1. The number of amides is 2. The molecule has 9 heteroatoms. The minimum absolute atomic E-state index is 0.0788. The molecule has 0 saturated carbocycles. The van der Waals surface area contributed by atoms with Crippen LogP contribution in [0.15, 0.2) is 21.7 Å². The first-order chi connectivity index (χ1) is 14.3. The molecule has 1 aromatic heterocycles. The van der Waals surface area contributed by atoms with Crippen molar-refractivity contribution in [1.29, 1.82) is 0 Å². The number of carbonyl (C=O) groups is 3. The Bertz CT molecular complexity index is 741. The van der Waals surface area contributed by atoms with Crippen LogP contribution in [0.1, 0.15) is 40.0 Å². The maximum absolute atomic E-state index is 12.6. The van der Waals surface area contributed by atoms with Gasteiger partial charge in [0.1, 0.15) is 5.60 Å². The molecule has 0 bridgehead atoms. The van der Waals surface area contributed by atoms with Crippen molar-refractivity contribution in [2.45, 2.75) is 55.9 Å². The monoisotopic (exact) mass is 453 g/mol. The lowest BCUT2D eigenvalue weighted by molar-refractivity contribution is -0.132. The van der Waals surface area contributed by atoms with Gasteiger partial charge in [-0.15, -0.1) is 11.3 Å². The van der Waals surface area contributed by atoms with E-state index in [-0.39, 0.29) is 36.0 Å². The van der Waals surface area contributed by atoms with Crippen LogP contribution in [-0.2, 0) is 19.1 Å². The summed E-state index contributed by atoms with van der Waals surface area (Å²) in [6.07, 6.45) is 2.10. The Balaban J connectivity index is 1.40. The van der Waals surface area contributed by atoms with Gasteiger partial charge < -0.3 is 15.4 Å². The number of ketones is 1. The number of thiophene rings is 1. The third-order valence-electron chi connectivity index (χ3n) is 5.42. The summed E-state index contributed by atoms with van der Waals surface area (Å²) in [4.78, 5) is 37.5. The predicted octanol–water partition coefficient (Wildman–Crippen LogP) is 2.47. The van der Waals surface area contributed by atoms with Crippen molar-refractivity contribution in [2.75, 3.05) is 26.2 Å². The summed E-state index contributed by atoms with van der Waals surface area (Å²) in [6.45, 7) is 7.74. The second-order valence-electron chi connectivity index (χ2n) is 8.58. The Labute approximate surface area is 186 Å². The van der Waals surface area contributed by atoms with Crippen molar-refractivity contribution in [3.05, 3.63) is 17.5 Å². The number of hydrogen-bond donors (Lipinski definition) is 2. The number of nitrogens with one attached hydrogen (secondary N) is 2. The van der Waals surface area contributed by atoms with Gasteiger partial charge in [-0.1, -0.05) is 19.9 Å². The lowest BCUT2D eigenvalue weighted by atomic mass is 9.93. The van der Waals surface area contributed by atoms with Crippen LogP contribution in [0.5, 0.6) is 0 Å². The highest BCUT2D eigenvalue weighted by molar-refractivity contribution is 7.98. The molecule has 7 nitrogen and oxygen atoms in total. The van der Waals surface area contributed by atoms with Gasteiger partial charge in [0, 0.05) is 19.0 Å². The first-order valence-corrected chi connectivity index (χ1v) is 12.1. The van der Waals surface area contributed by atoms with E-state index >= 15 is 0 Å². The number of carbonyl (C=O) groups excluding carboxylic acids is 3. The summed E-state index contributed by atoms with van der Waals surface area (Å²) in [5.41, 5.74) is -0.773. The highest BCUT2D eigenvalue weighted by Crippen LogP contribution is 2.31. The van der Waals surface area contributed by atoms with Gasteiger partial charge in [-0.25, -0.2) is 4.31 Å². The quantitative estimate of drug-likeness (QED) is 0.418. The average Bonchev–Trinajstić information content (AvgIpc) is 3.25. The largest absolute Gasteiger partial charge is 0.361 e. The highest BCUT2D eigenvalue weighted by Gasteiger charge is 2.50. The van der Waals surface area contributed by atoms with Crippen LogP contribution in [0.4, 0.5) is 0 Å². The summed E-state index contributed by atoms with van der Waals surface area (Å²) in [7, 11) is 0. The molecule has 2 unspecified atom stereocenters. The number of ether oxygens (including phenoxy) is 1. The summed E-state index contributed by atoms with van der Waals surface area (Å²) < 4.78 is 8.78. The summed E-state index contributed by atoms with van der Waals surface area (Å²) in [5, 5.41) is 7.60. The number of rotatable bonds is 10. The minimum atomic E-state index is -0.773. The molecule has 30 heavy (non-hydrogen) atoms. The van der Waals surface area contributed by atoms with Crippen LogP contribution in [0, 0.1) is 11.8 Å². The Kier molecular flexibility index (Phi) is 7.95. The van der Waals surface area contributed by atoms with Crippen molar-refractivity contribution in [2.24, 2.45) is 11.8 Å². The van der Waals surface area contributed by atoms with Crippen molar-refractivity contribution in [1.82, 2.24) is 14.9 Å². The molecule has 2 fully saturated rings. The fourth-order valence-electron chi connectivity index (χ4n) is 3.53. The molecule has 1 aromatic rings. The van der Waals surface area contributed by atoms with Crippen LogP contribution in [0.3, 0.4) is 0 Å². The first kappa shape index (κ1) is 23.2. The van der Waals surface area contributed by atoms with Crippen LogP contribution < -0.4 is 10.6 Å². The van der Waals surface area contributed by atoms with E-state index in [1.54, 1.807) is 30.2 Å². The third-order valence-corrected chi connectivity index (χ3v) is 7.53. The molecule has 3 heterocycles. The first-order valence-electron chi connectivity index (χ1n) is 10.5. The van der Waals surface area contributed by atoms with Gasteiger partial charge in [0.15, 0.2) is 5.78 Å². The smallest absolute Gasteiger partial charge is 0.239 e. The van der Waals surface area contributed by atoms with E-state index in [1.165, 1.54) is 4.21 Å². The zero-order chi connectivity index (χ0) is 21.7. The Morgan fingerprint density at radius 1 is 1.33 bits per heavy atom. The van der Waals surface area contributed by atoms with Gasteiger partial charge in [-0.3, -0.25) is 14.4 Å². The standard InChI is InChI=1S/C21H31N3O4S2/c1-14(2)11-16(19(26)21(3)13-28-21)23-17(25)12-22-20(27)15-6-8-24(9-7-15)30-18-5-4-10-29-18/h4-5,10,14-16H,6-9,11-13H2,1-3H3,(H,22,27)(H,23,25). The topological polar surface area (TPSA) is 91.0 Å². The summed E-state index contributed by atoms with van der Waals surface area (Å²) in [5.74, 6) is -0.336. The Morgan fingerprint density at radius 2 is 2.03 bits per heavy atom. The van der Waals surface area contributed by atoms with E-state index in [4.69, 9.17) is 4.74 Å². The summed E-state index contributed by atoms with van der Waals surface area (Å²) >= 11 is 3.45. The molecular weight excluding hydrogens is 422 g/mol. The second-order valence-corrected chi connectivity index (χ2v) is 10.9. The van der Waals surface area contributed by atoms with E-state index in [9.17, 15) is 14.4 Å². The lowest BCUT2D eigenvalue weighted by Gasteiger charge is -2.29. The second kappa shape index (κ2) is 10.3. The van der Waals surface area contributed by atoms with Crippen LogP contribution in [-0.4, -0.2) is 59.8 Å². The van der Waals surface area contributed by atoms with E-state index < -0.39 is 11.6 Å². The zero-order valence-electron chi connectivity index (χ0n) is 17.8. The van der Waals surface area contributed by atoms with Gasteiger partial charge >= 0.3 is 0 Å². The van der Waals surface area contributed by atoms with Gasteiger partial charge in [0.05, 0.1) is 23.4 Å². The molecule has 0 aromatic carbocycles. The molecule has 2 atom stereocenters. The number of epoxide rings is 1. The molecule has 0 aliphatic carbocycles. The molecule has 0 spiro atoms. The molecule has 0 radical (unpaired) electrons. The molecular formula is C21H31N3O4S2. The maximum atomic E-state index is 12.6. The van der Waals surface area contributed by atoms with E-state index in [1.807, 2.05) is 19.9 Å². The molecule has 2 aliphatic heterocycles. The fourth-order valence-corrected chi connectivity index (χ4v) is 5.42. The van der Waals surface area contributed by atoms with Crippen molar-refractivity contribution in [3.63, 3.8) is 0 Å². The molecule has 2 aliphatic rings. The highest BCUT2D eigenvalue weighted by atomic mass is 32.2. The average molecular weight is 454 g/mol. The minimum Gasteiger partial charge on any atom is -0.361 e. The van der Waals surface area contributed by atoms with Gasteiger partial charge in [-0.2, -0.15) is 0 Å². The normalized spacial score (nSPS) is 23.2. The van der Waals surface area contributed by atoms with Crippen LogP contribution >= 0.6 is 23.3 Å². The molecule has 2 N–H and O–H groups in total. The summed E-state index contributed by atoms with van der Waals surface area (Å²) in [6, 6.07) is 3.55. The van der Waals surface area contributed by atoms with Crippen molar-refractivity contribution in [3.8, 4) is 0 Å². The SMILES string of the molecule is CC(C)CC(NC(=O)CNC(=O)C1CCN(Sc2cccs2)CC1)C(=O)C1(C)CO1. The van der Waals surface area contributed by atoms with Gasteiger partial charge in [-0.05, 0) is 55.5 Å².